The van der Waals surface area contributed by atoms with Gasteiger partial charge in [0.25, 0.3) is 0 Å². The minimum atomic E-state index is -3.20. The maximum Gasteiger partial charge on any atom is 0.330 e. The molecular weight excluding hydrogens is 488 g/mol. The second-order valence-corrected chi connectivity index (χ2v) is 13.6. The van der Waals surface area contributed by atoms with Crippen LogP contribution in [0.5, 0.6) is 0 Å². The maximum atomic E-state index is 12.9. The van der Waals surface area contributed by atoms with Crippen LogP contribution in [0.2, 0.25) is 0 Å². The minimum absolute atomic E-state index is 0.0142. The van der Waals surface area contributed by atoms with Crippen LogP contribution < -0.4 is 5.69 Å². The first-order valence-electron chi connectivity index (χ1n) is 12.7. The largest absolute Gasteiger partial charge is 0.330 e. The van der Waals surface area contributed by atoms with Crippen LogP contribution in [-0.2, 0) is 30.2 Å². The van der Waals surface area contributed by atoms with Crippen LogP contribution in [0.15, 0.2) is 35.1 Å². The Bertz CT molecular complexity index is 1570. The third-order valence-electron chi connectivity index (χ3n) is 7.50. The van der Waals surface area contributed by atoms with Gasteiger partial charge in [-0.15, -0.1) is 0 Å². The average Bonchev–Trinajstić information content (AvgIpc) is 3.07. The molecule has 0 spiro atoms. The van der Waals surface area contributed by atoms with Crippen molar-refractivity contribution in [3.8, 4) is 17.3 Å². The van der Waals surface area contributed by atoms with Gasteiger partial charge in [-0.25, -0.2) is 18.2 Å². The highest BCUT2D eigenvalue weighted by Crippen LogP contribution is 2.33. The van der Waals surface area contributed by atoms with Crippen molar-refractivity contribution in [3.63, 3.8) is 0 Å². The highest BCUT2D eigenvalue weighted by atomic mass is 32.2. The monoisotopic (exact) mass is 522 g/mol. The Morgan fingerprint density at radius 3 is 2.46 bits per heavy atom. The third-order valence-corrected chi connectivity index (χ3v) is 8.80. The van der Waals surface area contributed by atoms with Crippen LogP contribution >= 0.6 is 0 Å². The molecule has 196 valence electrons. The van der Waals surface area contributed by atoms with Gasteiger partial charge in [-0.2, -0.15) is 9.57 Å². The molecule has 2 atom stereocenters. The summed E-state index contributed by atoms with van der Waals surface area (Å²) in [5, 5.41) is 9.82. The molecule has 2 bridgehead atoms. The average molecular weight is 523 g/mol. The van der Waals surface area contributed by atoms with E-state index in [0.29, 0.717) is 43.1 Å². The van der Waals surface area contributed by atoms with Crippen LogP contribution in [0.3, 0.4) is 0 Å². The standard InChI is InChI=1S/C27H34N6O3S/c1-27(2,3)17-32-24-11-10-23(29-25(24)30(4)26(32)34)22-12-18(6-7-19(22)13-28)14-31-15-21-9-8-20(31)16-33(21)37(5,35)36/h6-7,10-12,20-21H,8-9,14-17H2,1-5H3. The second-order valence-electron chi connectivity index (χ2n) is 11.7. The lowest BCUT2D eigenvalue weighted by atomic mass is 9.92. The molecule has 3 saturated heterocycles. The lowest BCUT2D eigenvalue weighted by Crippen LogP contribution is -2.63. The molecule has 0 radical (unpaired) electrons. The number of rotatable bonds is 5. The predicted octanol–water partition coefficient (Wildman–Crippen LogP) is 2.93. The molecule has 3 aliphatic rings. The molecule has 3 aliphatic heterocycles. The van der Waals surface area contributed by atoms with Gasteiger partial charge in [0.2, 0.25) is 10.0 Å². The van der Waals surface area contributed by atoms with Crippen LogP contribution in [0.25, 0.3) is 22.4 Å². The van der Waals surface area contributed by atoms with Crippen molar-refractivity contribution in [2.24, 2.45) is 12.5 Å². The summed E-state index contributed by atoms with van der Waals surface area (Å²) in [6.45, 7) is 8.79. The van der Waals surface area contributed by atoms with Crippen molar-refractivity contribution >= 4 is 21.2 Å². The number of imidazole rings is 1. The molecule has 0 N–H and O–H groups in total. The molecule has 10 heteroatoms. The van der Waals surface area contributed by atoms with Gasteiger partial charge in [0, 0.05) is 50.9 Å². The van der Waals surface area contributed by atoms with E-state index in [1.54, 1.807) is 20.5 Å². The molecule has 0 aliphatic carbocycles. The summed E-state index contributed by atoms with van der Waals surface area (Å²) in [5.74, 6) is 0. The van der Waals surface area contributed by atoms with Gasteiger partial charge in [-0.3, -0.25) is 14.0 Å². The summed E-state index contributed by atoms with van der Waals surface area (Å²) in [4.78, 5) is 20.1. The lowest BCUT2D eigenvalue weighted by molar-refractivity contribution is 0.0184. The van der Waals surface area contributed by atoms with Crippen molar-refractivity contribution in [3.05, 3.63) is 51.9 Å². The molecule has 9 nitrogen and oxygen atoms in total. The predicted molar refractivity (Wildman–Crippen MR) is 143 cm³/mol. The van der Waals surface area contributed by atoms with Crippen molar-refractivity contribution in [2.75, 3.05) is 19.3 Å². The SMILES string of the molecule is Cn1c(=O)n(CC(C)(C)C)c2ccc(-c3cc(CN4CC5CCC4CN5S(C)(=O)=O)ccc3C#N)nc21. The molecule has 0 saturated carbocycles. The molecule has 3 aromatic rings. The number of hydrogen-bond donors (Lipinski definition) is 0. The first-order valence-corrected chi connectivity index (χ1v) is 14.5. The Morgan fingerprint density at radius 2 is 1.84 bits per heavy atom. The van der Waals surface area contributed by atoms with Crippen LogP contribution in [0.4, 0.5) is 0 Å². The summed E-state index contributed by atoms with van der Waals surface area (Å²) in [6, 6.07) is 12.1. The summed E-state index contributed by atoms with van der Waals surface area (Å²) < 4.78 is 29.3. The number of hydrogen-bond acceptors (Lipinski definition) is 6. The zero-order valence-corrected chi connectivity index (χ0v) is 22.9. The van der Waals surface area contributed by atoms with Gasteiger partial charge in [0.15, 0.2) is 5.65 Å². The second kappa shape index (κ2) is 9.08. The topological polar surface area (TPSA) is 104 Å². The summed E-state index contributed by atoms with van der Waals surface area (Å²) >= 11 is 0. The Morgan fingerprint density at radius 1 is 1.11 bits per heavy atom. The fourth-order valence-electron chi connectivity index (χ4n) is 5.76. The molecule has 5 heterocycles. The molecule has 37 heavy (non-hydrogen) atoms. The molecular formula is C27H34N6O3S. The summed E-state index contributed by atoms with van der Waals surface area (Å²) in [5.41, 5.74) is 4.16. The quantitative estimate of drug-likeness (QED) is 0.510. The van der Waals surface area contributed by atoms with Crippen molar-refractivity contribution in [1.29, 1.82) is 5.26 Å². The van der Waals surface area contributed by atoms with E-state index in [2.05, 4.69) is 31.7 Å². The number of nitriles is 1. The van der Waals surface area contributed by atoms with Gasteiger partial charge in [-0.05, 0) is 48.1 Å². The van der Waals surface area contributed by atoms with E-state index in [-0.39, 0.29) is 23.2 Å². The fourth-order valence-corrected chi connectivity index (χ4v) is 6.92. The van der Waals surface area contributed by atoms with Crippen LogP contribution in [0.1, 0.15) is 44.7 Å². The Labute approximate surface area is 218 Å². The molecule has 3 fully saturated rings. The Balaban J connectivity index is 1.47. The van der Waals surface area contributed by atoms with Gasteiger partial charge in [0.05, 0.1) is 29.1 Å². The zero-order chi connectivity index (χ0) is 26.7. The van der Waals surface area contributed by atoms with E-state index >= 15 is 0 Å². The van der Waals surface area contributed by atoms with Crippen molar-refractivity contribution in [1.82, 2.24) is 23.3 Å². The number of pyridine rings is 1. The van der Waals surface area contributed by atoms with Gasteiger partial charge in [0.1, 0.15) is 0 Å². The number of aryl methyl sites for hydroxylation is 1. The minimum Gasteiger partial charge on any atom is -0.293 e. The number of piperidine rings is 2. The van der Waals surface area contributed by atoms with Crippen molar-refractivity contribution in [2.45, 2.75) is 58.8 Å². The highest BCUT2D eigenvalue weighted by molar-refractivity contribution is 7.88. The summed E-state index contributed by atoms with van der Waals surface area (Å²) in [6.07, 6.45) is 3.17. The summed E-state index contributed by atoms with van der Waals surface area (Å²) in [7, 11) is -1.47. The number of fused-ring (bicyclic) bond motifs is 4. The van der Waals surface area contributed by atoms with Gasteiger partial charge in [-0.1, -0.05) is 26.8 Å². The van der Waals surface area contributed by atoms with E-state index in [9.17, 15) is 18.5 Å². The Kier molecular flexibility index (Phi) is 6.29. The number of nitrogens with zero attached hydrogens (tertiary/aromatic N) is 6. The van der Waals surface area contributed by atoms with E-state index in [4.69, 9.17) is 4.98 Å². The molecule has 0 amide bonds. The van der Waals surface area contributed by atoms with E-state index in [0.717, 1.165) is 29.5 Å². The van der Waals surface area contributed by atoms with Gasteiger partial charge < -0.3 is 0 Å². The maximum absolute atomic E-state index is 12.9. The highest BCUT2D eigenvalue weighted by Gasteiger charge is 2.42. The van der Waals surface area contributed by atoms with Crippen LogP contribution in [0, 0.1) is 16.7 Å². The van der Waals surface area contributed by atoms with Crippen molar-refractivity contribution < 1.29 is 8.42 Å². The number of aromatic nitrogens is 3. The normalized spacial score (nSPS) is 21.0. The first-order chi connectivity index (χ1) is 17.4. The van der Waals surface area contributed by atoms with E-state index in [1.807, 2.05) is 30.3 Å². The van der Waals surface area contributed by atoms with Crippen LogP contribution in [-0.4, -0.2) is 63.2 Å². The first kappa shape index (κ1) is 25.6. The number of benzene rings is 1. The number of piperazine rings is 1. The molecule has 2 aromatic heterocycles. The smallest absolute Gasteiger partial charge is 0.293 e. The molecule has 2 unspecified atom stereocenters. The fraction of sp³-hybridized carbons (Fsp3) is 0.519. The Hall–Kier alpha value is -3.00. The van der Waals surface area contributed by atoms with E-state index in [1.165, 1.54) is 6.26 Å². The number of sulfonamides is 1. The third kappa shape index (κ3) is 4.83. The molecule has 6 rings (SSSR count). The van der Waals surface area contributed by atoms with Gasteiger partial charge >= 0.3 is 5.69 Å². The lowest BCUT2D eigenvalue weighted by Gasteiger charge is -2.50. The zero-order valence-electron chi connectivity index (χ0n) is 22.1. The molecule has 1 aromatic carbocycles. The van der Waals surface area contributed by atoms with E-state index < -0.39 is 10.0 Å².